The summed E-state index contributed by atoms with van der Waals surface area (Å²) in [6.07, 6.45) is 1.33. The average molecular weight is 505 g/mol. The number of nitrogens with zero attached hydrogens (tertiary/aromatic N) is 1. The minimum absolute atomic E-state index is 0.102. The molecule has 0 aliphatic carbocycles. The van der Waals surface area contributed by atoms with Crippen molar-refractivity contribution in [3.05, 3.63) is 99.1 Å². The number of carboxylic acid groups (broad SMARTS) is 1. The van der Waals surface area contributed by atoms with Crippen molar-refractivity contribution >= 4 is 47.2 Å². The first kappa shape index (κ1) is 24.7. The molecule has 0 unspecified atom stereocenters. The van der Waals surface area contributed by atoms with Gasteiger partial charge in [-0.15, -0.1) is 0 Å². The van der Waals surface area contributed by atoms with Crippen LogP contribution in [0, 0.1) is 13.8 Å². The summed E-state index contributed by atoms with van der Waals surface area (Å²) in [7, 11) is 0. The van der Waals surface area contributed by atoms with Crippen LogP contribution in [0.4, 0.5) is 10.5 Å². The van der Waals surface area contributed by atoms with Crippen LogP contribution in [-0.2, 0) is 16.2 Å². The third kappa shape index (κ3) is 5.13. The maximum atomic E-state index is 13.3. The number of aromatic carboxylic acids is 1. The van der Waals surface area contributed by atoms with E-state index in [0.29, 0.717) is 27.6 Å². The molecule has 1 fully saturated rings. The largest absolute Gasteiger partial charge is 0.488 e. The number of carbonyl (C=O) groups excluding carboxylic acids is 3. The summed E-state index contributed by atoms with van der Waals surface area (Å²) in [5, 5.41) is 11.6. The molecule has 0 saturated carbocycles. The molecule has 36 heavy (non-hydrogen) atoms. The van der Waals surface area contributed by atoms with Gasteiger partial charge in [0.25, 0.3) is 11.8 Å². The van der Waals surface area contributed by atoms with Crippen molar-refractivity contribution in [2.45, 2.75) is 20.5 Å². The maximum Gasteiger partial charge on any atom is 0.335 e. The van der Waals surface area contributed by atoms with Crippen LogP contribution in [0.2, 0.25) is 5.02 Å². The van der Waals surface area contributed by atoms with Crippen molar-refractivity contribution in [3.63, 3.8) is 0 Å². The van der Waals surface area contributed by atoms with E-state index in [1.165, 1.54) is 24.3 Å². The van der Waals surface area contributed by atoms with Crippen LogP contribution in [0.5, 0.6) is 5.75 Å². The first-order valence-electron chi connectivity index (χ1n) is 10.9. The number of amides is 4. The molecule has 182 valence electrons. The zero-order valence-electron chi connectivity index (χ0n) is 19.4. The van der Waals surface area contributed by atoms with Gasteiger partial charge < -0.3 is 9.84 Å². The number of hydrogen-bond acceptors (Lipinski definition) is 5. The van der Waals surface area contributed by atoms with E-state index in [1.54, 1.807) is 42.5 Å². The van der Waals surface area contributed by atoms with Gasteiger partial charge in [0.1, 0.15) is 17.9 Å². The molecule has 1 aliphatic rings. The summed E-state index contributed by atoms with van der Waals surface area (Å²) in [4.78, 5) is 50.3. The van der Waals surface area contributed by atoms with Gasteiger partial charge in [0, 0.05) is 10.6 Å². The Morgan fingerprint density at radius 1 is 1.00 bits per heavy atom. The van der Waals surface area contributed by atoms with Gasteiger partial charge >= 0.3 is 12.0 Å². The molecule has 0 aromatic heterocycles. The van der Waals surface area contributed by atoms with Gasteiger partial charge in [-0.3, -0.25) is 14.9 Å². The molecule has 0 atom stereocenters. The Morgan fingerprint density at radius 2 is 1.72 bits per heavy atom. The number of benzene rings is 3. The normalized spacial score (nSPS) is 14.7. The molecular formula is C27H21ClN2O6. The smallest absolute Gasteiger partial charge is 0.335 e. The monoisotopic (exact) mass is 504 g/mol. The molecule has 9 heteroatoms. The number of ether oxygens (including phenoxy) is 1. The second-order valence-corrected chi connectivity index (χ2v) is 8.64. The van der Waals surface area contributed by atoms with Crippen molar-refractivity contribution in [1.82, 2.24) is 5.32 Å². The van der Waals surface area contributed by atoms with Gasteiger partial charge in [-0.25, -0.2) is 14.5 Å². The van der Waals surface area contributed by atoms with Gasteiger partial charge in [-0.1, -0.05) is 29.8 Å². The molecular weight excluding hydrogens is 484 g/mol. The number of urea groups is 1. The molecule has 0 bridgehead atoms. The van der Waals surface area contributed by atoms with Crippen LogP contribution in [-0.4, -0.2) is 28.9 Å². The highest BCUT2D eigenvalue weighted by Gasteiger charge is 2.37. The maximum absolute atomic E-state index is 13.3. The highest BCUT2D eigenvalue weighted by atomic mass is 35.5. The van der Waals surface area contributed by atoms with Crippen molar-refractivity contribution in [2.24, 2.45) is 0 Å². The van der Waals surface area contributed by atoms with E-state index >= 15 is 0 Å². The molecule has 3 aromatic rings. The molecule has 0 spiro atoms. The van der Waals surface area contributed by atoms with E-state index < -0.39 is 23.8 Å². The van der Waals surface area contributed by atoms with Crippen LogP contribution < -0.4 is 15.0 Å². The summed E-state index contributed by atoms with van der Waals surface area (Å²) in [5.41, 5.74) is 3.19. The number of nitrogens with one attached hydrogen (secondary N) is 1. The second-order valence-electron chi connectivity index (χ2n) is 8.20. The fourth-order valence-electron chi connectivity index (χ4n) is 3.58. The van der Waals surface area contributed by atoms with Gasteiger partial charge in [0.2, 0.25) is 0 Å². The van der Waals surface area contributed by atoms with Crippen LogP contribution in [0.3, 0.4) is 0 Å². The van der Waals surface area contributed by atoms with Crippen molar-refractivity contribution < 1.29 is 29.0 Å². The second kappa shape index (κ2) is 10.1. The lowest BCUT2D eigenvalue weighted by atomic mass is 10.0. The molecule has 2 N–H and O–H groups in total. The van der Waals surface area contributed by atoms with E-state index in [-0.39, 0.29) is 17.7 Å². The lowest BCUT2D eigenvalue weighted by Gasteiger charge is -2.27. The highest BCUT2D eigenvalue weighted by Crippen LogP contribution is 2.29. The predicted molar refractivity (Wildman–Crippen MR) is 134 cm³/mol. The Hall–Kier alpha value is -4.43. The zero-order valence-corrected chi connectivity index (χ0v) is 20.1. The third-order valence-electron chi connectivity index (χ3n) is 5.72. The van der Waals surface area contributed by atoms with Crippen LogP contribution in [0.15, 0.2) is 66.2 Å². The minimum Gasteiger partial charge on any atom is -0.488 e. The fraction of sp³-hybridized carbons (Fsp3) is 0.111. The number of barbiturate groups is 1. The molecule has 8 nitrogen and oxygen atoms in total. The standard InChI is InChI=1S/C27H21ClN2O6/c1-15-3-9-21(11-16(15)2)30-25(32)22(24(31)29-27(30)35)13-19-12-20(28)8-10-23(19)36-14-17-4-6-18(7-5-17)26(33)34/h3-13H,14H2,1-2H3,(H,33,34)(H,29,31,35)/b22-13+. The van der Waals surface area contributed by atoms with E-state index in [4.69, 9.17) is 21.4 Å². The molecule has 1 saturated heterocycles. The zero-order chi connectivity index (χ0) is 26.0. The molecule has 1 heterocycles. The Kier molecular flexibility index (Phi) is 6.89. The Labute approximate surface area is 211 Å². The number of hydrogen-bond donors (Lipinski definition) is 2. The van der Waals surface area contributed by atoms with Crippen LogP contribution in [0.25, 0.3) is 6.08 Å². The number of imide groups is 2. The topological polar surface area (TPSA) is 113 Å². The lowest BCUT2D eigenvalue weighted by molar-refractivity contribution is -0.122. The Morgan fingerprint density at radius 3 is 2.39 bits per heavy atom. The van der Waals surface area contributed by atoms with Crippen molar-refractivity contribution in [1.29, 1.82) is 0 Å². The summed E-state index contributed by atoms with van der Waals surface area (Å²) < 4.78 is 5.88. The number of rotatable bonds is 6. The minimum atomic E-state index is -1.03. The highest BCUT2D eigenvalue weighted by molar-refractivity contribution is 6.39. The average Bonchev–Trinajstić information content (AvgIpc) is 2.83. The van der Waals surface area contributed by atoms with Crippen molar-refractivity contribution in [3.8, 4) is 5.75 Å². The quantitative estimate of drug-likeness (QED) is 0.364. The van der Waals surface area contributed by atoms with E-state index in [9.17, 15) is 19.2 Å². The number of carbonyl (C=O) groups is 4. The van der Waals surface area contributed by atoms with Crippen LogP contribution >= 0.6 is 11.6 Å². The first-order chi connectivity index (χ1) is 17.1. The molecule has 3 aromatic carbocycles. The number of aryl methyl sites for hydroxylation is 2. The summed E-state index contributed by atoms with van der Waals surface area (Å²) in [6, 6.07) is 15.2. The van der Waals surface area contributed by atoms with Crippen molar-refractivity contribution in [2.75, 3.05) is 4.90 Å². The number of anilines is 1. The molecule has 0 radical (unpaired) electrons. The Balaban J connectivity index is 1.64. The first-order valence-corrected chi connectivity index (χ1v) is 11.2. The van der Waals surface area contributed by atoms with Gasteiger partial charge in [-0.05, 0) is 79.1 Å². The molecule has 4 amide bonds. The third-order valence-corrected chi connectivity index (χ3v) is 5.95. The van der Waals surface area contributed by atoms with Crippen LogP contribution in [0.1, 0.15) is 32.6 Å². The number of carboxylic acids is 1. The van der Waals surface area contributed by atoms with E-state index in [1.807, 2.05) is 13.8 Å². The molecule has 4 rings (SSSR count). The lowest BCUT2D eigenvalue weighted by Crippen LogP contribution is -2.54. The van der Waals surface area contributed by atoms with E-state index in [0.717, 1.165) is 16.0 Å². The van der Waals surface area contributed by atoms with Gasteiger partial charge in [0.15, 0.2) is 0 Å². The predicted octanol–water partition coefficient (Wildman–Crippen LogP) is 4.90. The summed E-state index contributed by atoms with van der Waals surface area (Å²) in [5.74, 6) is -2.30. The van der Waals surface area contributed by atoms with Gasteiger partial charge in [-0.2, -0.15) is 0 Å². The SMILES string of the molecule is Cc1ccc(N2C(=O)NC(=O)/C(=C\c3cc(Cl)ccc3OCc3ccc(C(=O)O)cc3)C2=O)cc1C. The van der Waals surface area contributed by atoms with E-state index in [2.05, 4.69) is 5.32 Å². The summed E-state index contributed by atoms with van der Waals surface area (Å²) >= 11 is 6.16. The fourth-order valence-corrected chi connectivity index (χ4v) is 3.76. The summed E-state index contributed by atoms with van der Waals surface area (Å²) in [6.45, 7) is 3.87. The Bertz CT molecular complexity index is 1430. The number of halogens is 1. The van der Waals surface area contributed by atoms with Gasteiger partial charge in [0.05, 0.1) is 11.3 Å². The molecule has 1 aliphatic heterocycles.